The van der Waals surface area contributed by atoms with Crippen LogP contribution >= 0.6 is 22.6 Å². The van der Waals surface area contributed by atoms with Gasteiger partial charge in [-0.2, -0.15) is 0 Å². The van der Waals surface area contributed by atoms with Gasteiger partial charge in [0.05, 0.1) is 23.4 Å². The zero-order chi connectivity index (χ0) is 15.5. The molecule has 0 saturated carbocycles. The van der Waals surface area contributed by atoms with E-state index in [4.69, 9.17) is 5.11 Å². The third-order valence-corrected chi connectivity index (χ3v) is 3.10. The van der Waals surface area contributed by atoms with Gasteiger partial charge in [-0.15, -0.1) is 0 Å². The molecule has 110 valence electrons. The van der Waals surface area contributed by atoms with Crippen molar-refractivity contribution in [2.75, 3.05) is 18.9 Å². The Morgan fingerprint density at radius 3 is 2.50 bits per heavy atom. The van der Waals surface area contributed by atoms with Crippen LogP contribution in [0.25, 0.3) is 0 Å². The Kier molecular flexibility index (Phi) is 5.35. The van der Waals surface area contributed by atoms with E-state index in [1.165, 1.54) is 18.0 Å². The maximum absolute atomic E-state index is 12.0. The van der Waals surface area contributed by atoms with Crippen molar-refractivity contribution in [2.45, 2.75) is 19.4 Å². The molecule has 0 unspecified atom stereocenters. The number of carboxylic acid groups (broad SMARTS) is 1. The first-order chi connectivity index (χ1) is 9.10. The number of urea groups is 1. The van der Waals surface area contributed by atoms with Gasteiger partial charge >= 0.3 is 12.0 Å². The molecule has 1 aromatic carbocycles. The molecule has 20 heavy (non-hydrogen) atoms. The van der Waals surface area contributed by atoms with Gasteiger partial charge in [-0.1, -0.05) is 0 Å². The number of hydrogen-bond acceptors (Lipinski definition) is 3. The van der Waals surface area contributed by atoms with Crippen LogP contribution in [0.3, 0.4) is 0 Å². The van der Waals surface area contributed by atoms with Crippen LogP contribution in [0.5, 0.6) is 0 Å². The average Bonchev–Trinajstić information content (AvgIpc) is 2.28. The van der Waals surface area contributed by atoms with Crippen LogP contribution < -0.4 is 5.32 Å². The van der Waals surface area contributed by atoms with Gasteiger partial charge in [0.25, 0.3) is 0 Å². The quantitative estimate of drug-likeness (QED) is 0.686. The van der Waals surface area contributed by atoms with E-state index in [0.29, 0.717) is 0 Å². The molecule has 0 aliphatic carbocycles. The topological polar surface area (TPSA) is 89.9 Å². The zero-order valence-electron chi connectivity index (χ0n) is 11.5. The fourth-order valence-electron chi connectivity index (χ4n) is 1.67. The number of amides is 2. The highest BCUT2D eigenvalue weighted by Gasteiger charge is 2.20. The second-order valence-electron chi connectivity index (χ2n) is 5.09. The summed E-state index contributed by atoms with van der Waals surface area (Å²) >= 11 is 2.00. The summed E-state index contributed by atoms with van der Waals surface area (Å²) in [5.74, 6) is -1.11. The molecular weight excluding hydrogens is 375 g/mol. The molecule has 0 aliphatic rings. The highest BCUT2D eigenvalue weighted by molar-refractivity contribution is 14.1. The van der Waals surface area contributed by atoms with E-state index >= 15 is 0 Å². The Balaban J connectivity index is 2.88. The molecular formula is C13H17IN2O4. The van der Waals surface area contributed by atoms with E-state index in [-0.39, 0.29) is 17.8 Å². The number of carbonyl (C=O) groups excluding carboxylic acids is 1. The molecule has 0 fully saturated rings. The summed E-state index contributed by atoms with van der Waals surface area (Å²) in [6.07, 6.45) is 0. The monoisotopic (exact) mass is 392 g/mol. The van der Waals surface area contributed by atoms with E-state index in [0.717, 1.165) is 3.57 Å². The molecule has 0 bridgehead atoms. The Morgan fingerprint density at radius 1 is 1.40 bits per heavy atom. The Bertz CT molecular complexity index is 526. The van der Waals surface area contributed by atoms with Crippen LogP contribution in [0.1, 0.15) is 24.2 Å². The fraction of sp³-hybridized carbons (Fsp3) is 0.385. The predicted octanol–water partition coefficient (Wildman–Crippen LogP) is 2.22. The maximum atomic E-state index is 12.0. The Labute approximate surface area is 130 Å². The Morgan fingerprint density at radius 2 is 2.00 bits per heavy atom. The van der Waals surface area contributed by atoms with Crippen LogP contribution in [-0.2, 0) is 0 Å². The third kappa shape index (κ3) is 4.97. The number of rotatable bonds is 4. The first kappa shape index (κ1) is 16.7. The number of nitrogens with one attached hydrogen (secondary N) is 1. The standard InChI is InChI=1S/C13H17IN2O4/c1-13(2,20)7-16(3)12(19)15-10-5-4-8(14)6-9(10)11(17)18/h4-6,20H,7H2,1-3H3,(H,15,19)(H,17,18). The lowest BCUT2D eigenvalue weighted by molar-refractivity contribution is 0.0550. The van der Waals surface area contributed by atoms with Gasteiger partial charge in [0.1, 0.15) is 0 Å². The summed E-state index contributed by atoms with van der Waals surface area (Å²) in [6, 6.07) is 4.25. The minimum atomic E-state index is -1.11. The van der Waals surface area contributed by atoms with Crippen molar-refractivity contribution in [2.24, 2.45) is 0 Å². The summed E-state index contributed by atoms with van der Waals surface area (Å²) in [6.45, 7) is 3.31. The van der Waals surface area contributed by atoms with E-state index in [9.17, 15) is 14.7 Å². The molecule has 2 amide bonds. The van der Waals surface area contributed by atoms with Gasteiger partial charge in [-0.25, -0.2) is 9.59 Å². The number of aromatic carboxylic acids is 1. The third-order valence-electron chi connectivity index (χ3n) is 2.42. The molecule has 0 spiro atoms. The smallest absolute Gasteiger partial charge is 0.337 e. The number of likely N-dealkylation sites (N-methyl/N-ethyl adjacent to an activating group) is 1. The maximum Gasteiger partial charge on any atom is 0.337 e. The number of anilines is 1. The minimum Gasteiger partial charge on any atom is -0.478 e. The van der Waals surface area contributed by atoms with Crippen LogP contribution in [0.4, 0.5) is 10.5 Å². The van der Waals surface area contributed by atoms with Gasteiger partial charge in [0, 0.05) is 10.6 Å². The normalized spacial score (nSPS) is 11.1. The summed E-state index contributed by atoms with van der Waals surface area (Å²) in [5, 5.41) is 21.3. The molecule has 3 N–H and O–H groups in total. The average molecular weight is 392 g/mol. The number of halogens is 1. The van der Waals surface area contributed by atoms with E-state index in [1.54, 1.807) is 26.0 Å². The zero-order valence-corrected chi connectivity index (χ0v) is 13.6. The van der Waals surface area contributed by atoms with Gasteiger partial charge in [0.15, 0.2) is 0 Å². The summed E-state index contributed by atoms with van der Waals surface area (Å²) in [5.41, 5.74) is -0.763. The number of benzene rings is 1. The number of aliphatic hydroxyl groups is 1. The van der Waals surface area contributed by atoms with Crippen molar-refractivity contribution in [3.8, 4) is 0 Å². The summed E-state index contributed by atoms with van der Waals surface area (Å²) < 4.78 is 0.767. The van der Waals surface area contributed by atoms with Crippen LogP contribution in [-0.4, -0.2) is 46.3 Å². The van der Waals surface area contributed by atoms with Crippen LogP contribution in [0.2, 0.25) is 0 Å². The molecule has 0 atom stereocenters. The predicted molar refractivity (Wildman–Crippen MR) is 84.1 cm³/mol. The van der Waals surface area contributed by atoms with Gasteiger partial charge < -0.3 is 20.4 Å². The lowest BCUT2D eigenvalue weighted by atomic mass is 10.1. The molecule has 0 radical (unpaired) electrons. The van der Waals surface area contributed by atoms with Crippen LogP contribution in [0.15, 0.2) is 18.2 Å². The van der Waals surface area contributed by atoms with Gasteiger partial charge in [-0.05, 0) is 54.6 Å². The first-order valence-corrected chi connectivity index (χ1v) is 6.95. The SMILES string of the molecule is CN(CC(C)(C)O)C(=O)Nc1ccc(I)cc1C(=O)O. The van der Waals surface area contributed by atoms with Crippen molar-refractivity contribution in [3.63, 3.8) is 0 Å². The van der Waals surface area contributed by atoms with Crippen molar-refractivity contribution in [1.82, 2.24) is 4.90 Å². The molecule has 0 aromatic heterocycles. The molecule has 0 heterocycles. The lowest BCUT2D eigenvalue weighted by Crippen LogP contribution is -2.41. The van der Waals surface area contributed by atoms with E-state index < -0.39 is 17.6 Å². The molecule has 7 heteroatoms. The van der Waals surface area contributed by atoms with Crippen molar-refractivity contribution in [3.05, 3.63) is 27.3 Å². The summed E-state index contributed by atoms with van der Waals surface area (Å²) in [7, 11) is 1.53. The second-order valence-corrected chi connectivity index (χ2v) is 6.34. The number of hydrogen-bond donors (Lipinski definition) is 3. The molecule has 1 rings (SSSR count). The highest BCUT2D eigenvalue weighted by Crippen LogP contribution is 2.19. The van der Waals surface area contributed by atoms with Gasteiger partial charge in [0.2, 0.25) is 0 Å². The number of carbonyl (C=O) groups is 2. The Hall–Kier alpha value is -1.35. The fourth-order valence-corrected chi connectivity index (χ4v) is 2.16. The van der Waals surface area contributed by atoms with E-state index in [2.05, 4.69) is 5.32 Å². The number of nitrogens with zero attached hydrogens (tertiary/aromatic N) is 1. The molecule has 0 saturated heterocycles. The summed E-state index contributed by atoms with van der Waals surface area (Å²) in [4.78, 5) is 24.4. The highest BCUT2D eigenvalue weighted by atomic mass is 127. The van der Waals surface area contributed by atoms with Crippen molar-refractivity contribution >= 4 is 40.3 Å². The van der Waals surface area contributed by atoms with E-state index in [1.807, 2.05) is 22.6 Å². The van der Waals surface area contributed by atoms with Crippen LogP contribution in [0, 0.1) is 3.57 Å². The second kappa shape index (κ2) is 6.40. The first-order valence-electron chi connectivity index (χ1n) is 5.87. The largest absolute Gasteiger partial charge is 0.478 e. The van der Waals surface area contributed by atoms with Gasteiger partial charge in [-0.3, -0.25) is 0 Å². The van der Waals surface area contributed by atoms with Crippen molar-refractivity contribution < 1.29 is 19.8 Å². The van der Waals surface area contributed by atoms with Crippen molar-refractivity contribution in [1.29, 1.82) is 0 Å². The number of carboxylic acids is 1. The molecule has 6 nitrogen and oxygen atoms in total. The lowest BCUT2D eigenvalue weighted by Gasteiger charge is -2.26. The molecule has 0 aliphatic heterocycles. The molecule has 1 aromatic rings. The minimum absolute atomic E-state index is 0.0295.